The molecule has 136 valence electrons. The Kier molecular flexibility index (Phi) is 6.89. The van der Waals surface area contributed by atoms with E-state index in [0.29, 0.717) is 0 Å². The molecule has 0 spiro atoms. The van der Waals surface area contributed by atoms with Crippen molar-refractivity contribution in [2.45, 2.75) is 30.8 Å². The summed E-state index contributed by atoms with van der Waals surface area (Å²) >= 11 is 1.59. The summed E-state index contributed by atoms with van der Waals surface area (Å²) < 4.78 is 3.41. The summed E-state index contributed by atoms with van der Waals surface area (Å²) in [5.74, 6) is -0.197. The number of nitrogens with one attached hydrogen (secondary N) is 2. The quantitative estimate of drug-likeness (QED) is 0.542. The molecule has 0 saturated carbocycles. The third kappa shape index (κ3) is 5.73. The molecule has 1 saturated heterocycles. The van der Waals surface area contributed by atoms with Crippen LogP contribution in [-0.2, 0) is 17.9 Å². The van der Waals surface area contributed by atoms with Crippen molar-refractivity contribution in [2.75, 3.05) is 18.4 Å². The van der Waals surface area contributed by atoms with Gasteiger partial charge in [0.25, 0.3) is 0 Å². The van der Waals surface area contributed by atoms with Crippen molar-refractivity contribution in [3.05, 3.63) is 72.3 Å². The van der Waals surface area contributed by atoms with Crippen LogP contribution in [0.2, 0.25) is 0 Å². The Bertz CT molecular complexity index is 739. The minimum atomic E-state index is -0.197. The van der Waals surface area contributed by atoms with Gasteiger partial charge >= 0.3 is 0 Å². The first-order valence-electron chi connectivity index (χ1n) is 8.96. The fourth-order valence-corrected chi connectivity index (χ4v) is 3.72. The van der Waals surface area contributed by atoms with Gasteiger partial charge in [0.15, 0.2) is 0 Å². The number of amides is 1. The summed E-state index contributed by atoms with van der Waals surface area (Å²) in [5, 5.41) is 2.75. The maximum atomic E-state index is 11.3. The lowest BCUT2D eigenvalue weighted by Crippen LogP contribution is -2.18. The van der Waals surface area contributed by atoms with Gasteiger partial charge in [0.05, 0.1) is 0 Å². The van der Waals surface area contributed by atoms with Gasteiger partial charge in [-0.15, -0.1) is 0 Å². The van der Waals surface area contributed by atoms with Crippen LogP contribution in [0, 0.1) is 0 Å². The average Bonchev–Trinajstić information content (AvgIpc) is 3.16. The van der Waals surface area contributed by atoms with E-state index in [4.69, 9.17) is 0 Å². The molecule has 2 N–H and O–H groups in total. The summed E-state index contributed by atoms with van der Waals surface area (Å²) in [7, 11) is 0. The van der Waals surface area contributed by atoms with E-state index < -0.39 is 0 Å². The molecule has 1 amide bonds. The molecular formula is C21H25N3OS. The van der Waals surface area contributed by atoms with Gasteiger partial charge in [-0.2, -0.15) is 0 Å². The number of hydrogen-bond acceptors (Lipinski definition) is 4. The van der Waals surface area contributed by atoms with Gasteiger partial charge in [0, 0.05) is 23.7 Å². The molecule has 0 aliphatic carbocycles. The van der Waals surface area contributed by atoms with Crippen LogP contribution in [0.4, 0.5) is 5.69 Å². The predicted molar refractivity (Wildman–Crippen MR) is 109 cm³/mol. The molecule has 26 heavy (non-hydrogen) atoms. The molecule has 5 heteroatoms. The van der Waals surface area contributed by atoms with Crippen LogP contribution in [0.3, 0.4) is 0 Å². The fraction of sp³-hybridized carbons (Fsp3) is 0.286. The van der Waals surface area contributed by atoms with Crippen LogP contribution >= 0.6 is 11.9 Å². The smallest absolute Gasteiger partial charge is 0.247 e. The number of carbonyl (C=O) groups is 1. The molecule has 1 heterocycles. The van der Waals surface area contributed by atoms with E-state index in [9.17, 15) is 4.79 Å². The first-order valence-corrected chi connectivity index (χ1v) is 9.78. The number of anilines is 1. The Morgan fingerprint density at radius 2 is 1.85 bits per heavy atom. The van der Waals surface area contributed by atoms with Gasteiger partial charge in [-0.05, 0) is 79.3 Å². The Labute approximate surface area is 159 Å². The van der Waals surface area contributed by atoms with Gasteiger partial charge in [-0.25, -0.2) is 0 Å². The van der Waals surface area contributed by atoms with E-state index in [1.54, 1.807) is 11.9 Å². The Morgan fingerprint density at radius 3 is 2.58 bits per heavy atom. The van der Waals surface area contributed by atoms with Gasteiger partial charge < -0.3 is 5.32 Å². The highest BCUT2D eigenvalue weighted by atomic mass is 32.2. The van der Waals surface area contributed by atoms with Crippen molar-refractivity contribution < 1.29 is 4.79 Å². The third-order valence-corrected chi connectivity index (χ3v) is 5.17. The molecule has 0 bridgehead atoms. The highest BCUT2D eigenvalue weighted by Gasteiger charge is 2.11. The number of likely N-dealkylation sites (tertiary alicyclic amines) is 1. The van der Waals surface area contributed by atoms with Crippen LogP contribution in [0.25, 0.3) is 0 Å². The first-order chi connectivity index (χ1) is 12.7. The molecule has 4 nitrogen and oxygen atoms in total. The molecule has 1 aliphatic rings. The number of carbonyl (C=O) groups excluding carboxylic acids is 1. The topological polar surface area (TPSA) is 44.4 Å². The zero-order valence-corrected chi connectivity index (χ0v) is 15.7. The van der Waals surface area contributed by atoms with Crippen LogP contribution in [-0.4, -0.2) is 23.9 Å². The van der Waals surface area contributed by atoms with Crippen molar-refractivity contribution >= 4 is 23.5 Å². The standard InChI is InChI=1S/C21H25N3OS/c1-2-21(25)23-19-8-10-20(11-9-19)26-22-15-17-6-5-7-18(14-17)16-24-12-3-4-13-24/h2,5-11,14,22H,1,3-4,12-13,15-16H2,(H,23,25). The van der Waals surface area contributed by atoms with Crippen LogP contribution < -0.4 is 10.0 Å². The Balaban J connectivity index is 1.47. The van der Waals surface area contributed by atoms with Crippen molar-refractivity contribution in [3.8, 4) is 0 Å². The Hall–Kier alpha value is -2.08. The van der Waals surface area contributed by atoms with Crippen LogP contribution in [0.15, 0.2) is 66.1 Å². The number of benzene rings is 2. The Morgan fingerprint density at radius 1 is 1.12 bits per heavy atom. The molecule has 1 aliphatic heterocycles. The molecule has 3 rings (SSSR count). The lowest BCUT2D eigenvalue weighted by atomic mass is 10.1. The van der Waals surface area contributed by atoms with E-state index in [1.165, 1.54) is 43.1 Å². The predicted octanol–water partition coefficient (Wildman–Crippen LogP) is 4.20. The van der Waals surface area contributed by atoms with E-state index in [2.05, 4.69) is 45.8 Å². The molecule has 0 aromatic heterocycles. The van der Waals surface area contributed by atoms with Crippen LogP contribution in [0.5, 0.6) is 0 Å². The monoisotopic (exact) mass is 367 g/mol. The van der Waals surface area contributed by atoms with E-state index in [0.717, 1.165) is 23.7 Å². The minimum Gasteiger partial charge on any atom is -0.323 e. The molecule has 0 atom stereocenters. The molecule has 0 unspecified atom stereocenters. The second-order valence-corrected chi connectivity index (χ2v) is 7.41. The minimum absolute atomic E-state index is 0.197. The van der Waals surface area contributed by atoms with Gasteiger partial charge in [-0.3, -0.25) is 14.4 Å². The van der Waals surface area contributed by atoms with Crippen molar-refractivity contribution in [1.29, 1.82) is 0 Å². The molecule has 2 aromatic carbocycles. The van der Waals surface area contributed by atoms with Gasteiger partial charge in [0.1, 0.15) is 0 Å². The number of nitrogens with zero attached hydrogens (tertiary/aromatic N) is 1. The van der Waals surface area contributed by atoms with Crippen LogP contribution in [0.1, 0.15) is 24.0 Å². The molecular weight excluding hydrogens is 342 g/mol. The highest BCUT2D eigenvalue weighted by molar-refractivity contribution is 7.97. The summed E-state index contributed by atoms with van der Waals surface area (Å²) in [4.78, 5) is 14.9. The van der Waals surface area contributed by atoms with Crippen molar-refractivity contribution in [1.82, 2.24) is 9.62 Å². The largest absolute Gasteiger partial charge is 0.323 e. The maximum Gasteiger partial charge on any atom is 0.247 e. The van der Waals surface area contributed by atoms with E-state index in [1.807, 2.05) is 24.3 Å². The summed E-state index contributed by atoms with van der Waals surface area (Å²) in [6.07, 6.45) is 3.92. The van der Waals surface area contributed by atoms with E-state index in [-0.39, 0.29) is 5.91 Å². The molecule has 0 radical (unpaired) electrons. The second-order valence-electron chi connectivity index (χ2n) is 6.44. The zero-order chi connectivity index (χ0) is 18.2. The maximum absolute atomic E-state index is 11.3. The molecule has 1 fully saturated rings. The highest BCUT2D eigenvalue weighted by Crippen LogP contribution is 2.19. The van der Waals surface area contributed by atoms with Crippen molar-refractivity contribution in [2.24, 2.45) is 0 Å². The SMILES string of the molecule is C=CC(=O)Nc1ccc(SNCc2cccc(CN3CCCC3)c2)cc1. The average molecular weight is 368 g/mol. The normalized spacial score (nSPS) is 14.3. The molecule has 2 aromatic rings. The van der Waals surface area contributed by atoms with Crippen molar-refractivity contribution in [3.63, 3.8) is 0 Å². The lowest BCUT2D eigenvalue weighted by Gasteiger charge is -2.15. The summed E-state index contributed by atoms with van der Waals surface area (Å²) in [6.45, 7) is 7.76. The van der Waals surface area contributed by atoms with Gasteiger partial charge in [-0.1, -0.05) is 30.8 Å². The fourth-order valence-electron chi connectivity index (χ4n) is 3.04. The lowest BCUT2D eigenvalue weighted by molar-refractivity contribution is -0.111. The van der Waals surface area contributed by atoms with E-state index >= 15 is 0 Å². The summed E-state index contributed by atoms with van der Waals surface area (Å²) in [6, 6.07) is 16.6. The van der Waals surface area contributed by atoms with Gasteiger partial charge in [0.2, 0.25) is 5.91 Å². The zero-order valence-electron chi connectivity index (χ0n) is 14.9. The number of hydrogen-bond donors (Lipinski definition) is 2. The number of rotatable bonds is 8. The second kappa shape index (κ2) is 9.57. The first kappa shape index (κ1) is 18.7. The summed E-state index contributed by atoms with van der Waals surface area (Å²) in [5.41, 5.74) is 3.46. The third-order valence-electron chi connectivity index (χ3n) is 4.37.